The van der Waals surface area contributed by atoms with Gasteiger partial charge < -0.3 is 20.9 Å². The summed E-state index contributed by atoms with van der Waals surface area (Å²) in [6.07, 6.45) is 6.03. The molecule has 3 aromatic rings. The number of nitrogens with two attached hydrogens (primary N) is 1. The number of hydrogen-bond donors (Lipinski definition) is 3. The molecule has 1 aliphatic carbocycles. The topological polar surface area (TPSA) is 99.9 Å². The maximum absolute atomic E-state index is 12.9. The Hall–Kier alpha value is -2.55. The van der Waals surface area contributed by atoms with Crippen molar-refractivity contribution in [3.63, 3.8) is 0 Å². The molecule has 0 bridgehead atoms. The largest absolute Gasteiger partial charge is 0.347 e. The minimum Gasteiger partial charge on any atom is -0.347 e. The van der Waals surface area contributed by atoms with Crippen LogP contribution in [0.25, 0.3) is 11.0 Å². The molecule has 3 heterocycles. The SMILES string of the molecule is Cl.N[C@@H]1c2ccccc2C[C@@H]1NC(=O)C1=CN(c2ncnc3[nH]ccc23)CCS1. The van der Waals surface area contributed by atoms with Gasteiger partial charge in [0.15, 0.2) is 0 Å². The van der Waals surface area contributed by atoms with Crippen LogP contribution in [0.3, 0.4) is 0 Å². The fraction of sp³-hybridized carbons (Fsp3) is 0.250. The molecule has 4 N–H and O–H groups in total. The predicted molar refractivity (Wildman–Crippen MR) is 118 cm³/mol. The summed E-state index contributed by atoms with van der Waals surface area (Å²) >= 11 is 1.56. The Balaban J connectivity index is 0.00000205. The molecule has 2 atom stereocenters. The highest BCUT2D eigenvalue weighted by Gasteiger charge is 2.31. The fourth-order valence-corrected chi connectivity index (χ4v) is 4.78. The Labute approximate surface area is 178 Å². The third-order valence-electron chi connectivity index (χ3n) is 5.30. The second-order valence-corrected chi connectivity index (χ2v) is 8.12. The van der Waals surface area contributed by atoms with Gasteiger partial charge in [-0.2, -0.15) is 0 Å². The van der Waals surface area contributed by atoms with Crippen molar-refractivity contribution >= 4 is 46.9 Å². The molecule has 9 heteroatoms. The van der Waals surface area contributed by atoms with E-state index in [9.17, 15) is 4.79 Å². The molecular weight excluding hydrogens is 408 g/mol. The second kappa shape index (κ2) is 8.06. The number of carbonyl (C=O) groups is 1. The first kappa shape index (κ1) is 19.8. The van der Waals surface area contributed by atoms with Gasteiger partial charge in [0.25, 0.3) is 5.91 Å². The second-order valence-electron chi connectivity index (χ2n) is 6.98. The molecule has 29 heavy (non-hydrogen) atoms. The number of nitrogens with zero attached hydrogens (tertiary/aromatic N) is 3. The molecule has 0 fully saturated rings. The van der Waals surface area contributed by atoms with Crippen molar-refractivity contribution in [2.24, 2.45) is 5.73 Å². The van der Waals surface area contributed by atoms with Crippen molar-refractivity contribution in [2.45, 2.75) is 18.5 Å². The summed E-state index contributed by atoms with van der Waals surface area (Å²) in [4.78, 5) is 27.4. The molecule has 2 aliphatic rings. The molecule has 0 spiro atoms. The minimum atomic E-state index is -0.174. The Morgan fingerprint density at radius 3 is 3.00 bits per heavy atom. The van der Waals surface area contributed by atoms with Crippen LogP contribution in [0.15, 0.2) is 54.0 Å². The van der Waals surface area contributed by atoms with Gasteiger partial charge in [-0.1, -0.05) is 24.3 Å². The van der Waals surface area contributed by atoms with E-state index in [0.29, 0.717) is 4.91 Å². The number of H-pyrrole nitrogens is 1. The van der Waals surface area contributed by atoms with Crippen molar-refractivity contribution < 1.29 is 4.79 Å². The predicted octanol–water partition coefficient (Wildman–Crippen LogP) is 2.52. The molecule has 0 saturated carbocycles. The molecule has 1 aromatic carbocycles. The number of halogens is 1. The number of benzene rings is 1. The molecule has 7 nitrogen and oxygen atoms in total. The number of anilines is 1. The lowest BCUT2D eigenvalue weighted by molar-refractivity contribution is -0.117. The van der Waals surface area contributed by atoms with E-state index in [2.05, 4.69) is 26.3 Å². The number of carbonyl (C=O) groups excluding carboxylic acids is 1. The van der Waals surface area contributed by atoms with E-state index < -0.39 is 0 Å². The van der Waals surface area contributed by atoms with Crippen molar-refractivity contribution in [1.82, 2.24) is 20.3 Å². The first-order valence-corrected chi connectivity index (χ1v) is 10.2. The lowest BCUT2D eigenvalue weighted by Gasteiger charge is -2.26. The number of hydrogen-bond acceptors (Lipinski definition) is 6. The van der Waals surface area contributed by atoms with E-state index in [1.165, 1.54) is 11.9 Å². The van der Waals surface area contributed by atoms with Gasteiger partial charge in [-0.15, -0.1) is 24.2 Å². The summed E-state index contributed by atoms with van der Waals surface area (Å²) < 4.78 is 0. The molecule has 5 rings (SSSR count). The highest BCUT2D eigenvalue weighted by atomic mass is 35.5. The number of fused-ring (bicyclic) bond motifs is 2. The Kier molecular flexibility index (Phi) is 5.49. The lowest BCUT2D eigenvalue weighted by Crippen LogP contribution is -2.42. The highest BCUT2D eigenvalue weighted by molar-refractivity contribution is 8.04. The van der Waals surface area contributed by atoms with Gasteiger partial charge in [-0.25, -0.2) is 9.97 Å². The molecular formula is C20H21ClN6OS. The summed E-state index contributed by atoms with van der Waals surface area (Å²) in [5, 5.41) is 4.07. The van der Waals surface area contributed by atoms with Crippen LogP contribution in [0.4, 0.5) is 5.82 Å². The normalized spacial score (nSPS) is 20.7. The van der Waals surface area contributed by atoms with Gasteiger partial charge in [0.1, 0.15) is 17.8 Å². The van der Waals surface area contributed by atoms with E-state index in [1.54, 1.807) is 11.8 Å². The number of rotatable bonds is 3. The van der Waals surface area contributed by atoms with Gasteiger partial charge in [0.05, 0.1) is 22.4 Å². The van der Waals surface area contributed by atoms with Crippen molar-refractivity contribution in [3.05, 3.63) is 65.1 Å². The number of amides is 1. The van der Waals surface area contributed by atoms with Crippen molar-refractivity contribution in [1.29, 1.82) is 0 Å². The molecule has 1 aliphatic heterocycles. The molecule has 2 aromatic heterocycles. The summed E-state index contributed by atoms with van der Waals surface area (Å²) in [5.41, 5.74) is 9.49. The minimum absolute atomic E-state index is 0. The zero-order valence-corrected chi connectivity index (χ0v) is 17.2. The van der Waals surface area contributed by atoms with Crippen molar-refractivity contribution in [3.8, 4) is 0 Å². The van der Waals surface area contributed by atoms with Crippen LogP contribution in [0.5, 0.6) is 0 Å². The van der Waals surface area contributed by atoms with E-state index in [4.69, 9.17) is 5.73 Å². The van der Waals surface area contributed by atoms with E-state index >= 15 is 0 Å². The zero-order chi connectivity index (χ0) is 19.1. The van der Waals surface area contributed by atoms with Crippen LogP contribution in [-0.2, 0) is 11.2 Å². The summed E-state index contributed by atoms with van der Waals surface area (Å²) in [6.45, 7) is 0.785. The average Bonchev–Trinajstić information content (AvgIpc) is 3.33. The maximum Gasteiger partial charge on any atom is 0.259 e. The van der Waals surface area contributed by atoms with E-state index in [1.807, 2.05) is 41.6 Å². The molecule has 1 amide bonds. The quantitative estimate of drug-likeness (QED) is 0.592. The Bertz CT molecular complexity index is 1080. The van der Waals surface area contributed by atoms with Crippen LogP contribution < -0.4 is 16.0 Å². The molecule has 0 saturated heterocycles. The van der Waals surface area contributed by atoms with Gasteiger partial charge >= 0.3 is 0 Å². The number of aromatic amines is 1. The molecule has 0 radical (unpaired) electrons. The Morgan fingerprint density at radius 2 is 2.14 bits per heavy atom. The lowest BCUT2D eigenvalue weighted by atomic mass is 10.1. The van der Waals surface area contributed by atoms with Gasteiger partial charge in [-0.05, 0) is 23.6 Å². The van der Waals surface area contributed by atoms with Crippen LogP contribution in [0.1, 0.15) is 17.2 Å². The monoisotopic (exact) mass is 428 g/mol. The fourth-order valence-electron chi connectivity index (χ4n) is 3.88. The highest BCUT2D eigenvalue weighted by Crippen LogP contribution is 2.32. The third-order valence-corrected chi connectivity index (χ3v) is 6.28. The smallest absolute Gasteiger partial charge is 0.259 e. The summed E-state index contributed by atoms with van der Waals surface area (Å²) in [7, 11) is 0. The number of nitrogens with one attached hydrogen (secondary N) is 2. The van der Waals surface area contributed by atoms with E-state index in [0.717, 1.165) is 41.1 Å². The standard InChI is InChI=1S/C20H20N6OS.ClH/c21-17-13-4-2-1-3-12(13)9-15(17)25-20(27)16-10-26(7-8-28-16)19-14-5-6-22-18(14)23-11-24-19;/h1-6,10-11,15,17H,7-9,21H2,(H,25,27)(H,22,23,24);1H/t15-,17+;/m0./s1. The first-order chi connectivity index (χ1) is 13.7. The third kappa shape index (κ3) is 3.59. The molecule has 0 unspecified atom stereocenters. The molecule has 150 valence electrons. The average molecular weight is 429 g/mol. The van der Waals surface area contributed by atoms with Crippen molar-refractivity contribution in [2.75, 3.05) is 17.2 Å². The first-order valence-electron chi connectivity index (χ1n) is 9.24. The summed E-state index contributed by atoms with van der Waals surface area (Å²) in [6, 6.07) is 9.81. The van der Waals surface area contributed by atoms with Crippen LogP contribution in [0, 0.1) is 0 Å². The van der Waals surface area contributed by atoms with Crippen LogP contribution in [0.2, 0.25) is 0 Å². The van der Waals surface area contributed by atoms with Gasteiger partial charge in [0, 0.05) is 24.7 Å². The van der Waals surface area contributed by atoms with E-state index in [-0.39, 0.29) is 30.4 Å². The maximum atomic E-state index is 12.9. The Morgan fingerprint density at radius 1 is 1.28 bits per heavy atom. The zero-order valence-electron chi connectivity index (χ0n) is 15.5. The van der Waals surface area contributed by atoms with Gasteiger partial charge in [0.2, 0.25) is 0 Å². The summed E-state index contributed by atoms with van der Waals surface area (Å²) in [5.74, 6) is 1.54. The number of thioether (sulfide) groups is 1. The van der Waals surface area contributed by atoms with Crippen LogP contribution in [-0.4, -0.2) is 39.2 Å². The van der Waals surface area contributed by atoms with Gasteiger partial charge in [-0.3, -0.25) is 4.79 Å². The number of aromatic nitrogens is 3. The van der Waals surface area contributed by atoms with Crippen LogP contribution >= 0.6 is 24.2 Å².